The third-order valence-electron chi connectivity index (χ3n) is 2.93. The maximum absolute atomic E-state index is 3.61. The Morgan fingerprint density at radius 1 is 1.38 bits per heavy atom. The van der Waals surface area contributed by atoms with Crippen LogP contribution in [0.1, 0.15) is 39.5 Å². The summed E-state index contributed by atoms with van der Waals surface area (Å²) in [6.45, 7) is 5.81. The zero-order chi connectivity index (χ0) is 9.68. The molecule has 2 N–H and O–H groups in total. The third-order valence-corrected chi connectivity index (χ3v) is 2.93. The Kier molecular flexibility index (Phi) is 4.74. The van der Waals surface area contributed by atoms with Gasteiger partial charge in [-0.25, -0.2) is 0 Å². The number of nitrogens with one attached hydrogen (secondary N) is 2. The van der Waals surface area contributed by atoms with Crippen LogP contribution in [0.3, 0.4) is 0 Å². The van der Waals surface area contributed by atoms with Gasteiger partial charge in [-0.3, -0.25) is 0 Å². The van der Waals surface area contributed by atoms with Crippen LogP contribution >= 0.6 is 0 Å². The lowest BCUT2D eigenvalue weighted by Gasteiger charge is -2.32. The molecule has 0 saturated carbocycles. The molecule has 1 fully saturated rings. The molecule has 0 amide bonds. The Labute approximate surface area is 82.5 Å². The highest BCUT2D eigenvalue weighted by Crippen LogP contribution is 2.15. The van der Waals surface area contributed by atoms with Crippen molar-refractivity contribution in [3.63, 3.8) is 0 Å². The largest absolute Gasteiger partial charge is 0.315 e. The van der Waals surface area contributed by atoms with E-state index in [0.29, 0.717) is 12.1 Å². The molecule has 2 nitrogen and oxygen atoms in total. The molecule has 78 valence electrons. The average Bonchev–Trinajstić information content (AvgIpc) is 2.15. The third kappa shape index (κ3) is 3.65. The summed E-state index contributed by atoms with van der Waals surface area (Å²) in [6.07, 6.45) is 5.38. The summed E-state index contributed by atoms with van der Waals surface area (Å²) in [6, 6.07) is 1.38. The van der Waals surface area contributed by atoms with Crippen LogP contribution in [0.4, 0.5) is 0 Å². The fourth-order valence-corrected chi connectivity index (χ4v) is 2.21. The molecule has 2 unspecified atom stereocenters. The van der Waals surface area contributed by atoms with Crippen LogP contribution in [0.15, 0.2) is 0 Å². The van der Waals surface area contributed by atoms with Gasteiger partial charge in [0.2, 0.25) is 0 Å². The zero-order valence-electron chi connectivity index (χ0n) is 9.27. The molecule has 1 rings (SSSR count). The molecule has 0 aromatic rings. The number of piperidine rings is 1. The van der Waals surface area contributed by atoms with Crippen LogP contribution < -0.4 is 10.6 Å². The summed E-state index contributed by atoms with van der Waals surface area (Å²) in [4.78, 5) is 0. The topological polar surface area (TPSA) is 24.1 Å². The molecule has 0 aromatic heterocycles. The van der Waals surface area contributed by atoms with E-state index >= 15 is 0 Å². The minimum Gasteiger partial charge on any atom is -0.315 e. The van der Waals surface area contributed by atoms with Gasteiger partial charge < -0.3 is 10.6 Å². The predicted molar refractivity (Wildman–Crippen MR) is 57.9 cm³/mol. The first kappa shape index (κ1) is 11.0. The van der Waals surface area contributed by atoms with Gasteiger partial charge in [0.1, 0.15) is 0 Å². The van der Waals surface area contributed by atoms with Crippen molar-refractivity contribution in [1.29, 1.82) is 0 Å². The molecule has 0 radical (unpaired) electrons. The molecular weight excluding hydrogens is 160 g/mol. The molecule has 0 aromatic carbocycles. The van der Waals surface area contributed by atoms with Crippen molar-refractivity contribution in [2.45, 2.75) is 51.6 Å². The molecule has 1 heterocycles. The number of hydrogen-bond donors (Lipinski definition) is 2. The number of hydrogen-bond acceptors (Lipinski definition) is 2. The van der Waals surface area contributed by atoms with Crippen molar-refractivity contribution in [2.75, 3.05) is 13.6 Å². The highest BCUT2D eigenvalue weighted by Gasteiger charge is 2.22. The number of rotatable bonds is 4. The fraction of sp³-hybridized carbons (Fsp3) is 1.00. The van der Waals surface area contributed by atoms with Gasteiger partial charge in [0, 0.05) is 12.1 Å². The second-order valence-corrected chi connectivity index (χ2v) is 4.58. The molecule has 0 aliphatic carbocycles. The van der Waals surface area contributed by atoms with Crippen LogP contribution in [-0.4, -0.2) is 25.7 Å². The second-order valence-electron chi connectivity index (χ2n) is 4.58. The molecule has 1 saturated heterocycles. The molecule has 13 heavy (non-hydrogen) atoms. The van der Waals surface area contributed by atoms with E-state index < -0.39 is 0 Å². The fourth-order valence-electron chi connectivity index (χ4n) is 2.21. The zero-order valence-corrected chi connectivity index (χ0v) is 9.27. The second kappa shape index (κ2) is 5.61. The molecular formula is C11H24N2. The Morgan fingerprint density at radius 2 is 2.15 bits per heavy atom. The van der Waals surface area contributed by atoms with Crippen molar-refractivity contribution in [3.8, 4) is 0 Å². The first-order valence-electron chi connectivity index (χ1n) is 5.64. The Morgan fingerprint density at radius 3 is 2.62 bits per heavy atom. The van der Waals surface area contributed by atoms with E-state index in [4.69, 9.17) is 0 Å². The average molecular weight is 184 g/mol. The Bertz CT molecular complexity index is 128. The van der Waals surface area contributed by atoms with Gasteiger partial charge in [0.05, 0.1) is 0 Å². The Balaban J connectivity index is 2.34. The standard InChI is InChI=1S/C11H24N2/c1-9(2)8-11(12-3)10-6-4-5-7-13-10/h9-13H,4-8H2,1-3H3. The van der Waals surface area contributed by atoms with Gasteiger partial charge in [0.15, 0.2) is 0 Å². The molecule has 0 spiro atoms. The summed E-state index contributed by atoms with van der Waals surface area (Å²) in [5, 5.41) is 7.05. The maximum atomic E-state index is 3.61. The normalized spacial score (nSPS) is 26.3. The molecule has 1 aliphatic rings. The summed E-state index contributed by atoms with van der Waals surface area (Å²) < 4.78 is 0. The van der Waals surface area contributed by atoms with Gasteiger partial charge in [0.25, 0.3) is 0 Å². The summed E-state index contributed by atoms with van der Waals surface area (Å²) in [5.74, 6) is 0.793. The lowest BCUT2D eigenvalue weighted by atomic mass is 9.92. The van der Waals surface area contributed by atoms with Gasteiger partial charge in [-0.15, -0.1) is 0 Å². The van der Waals surface area contributed by atoms with Crippen LogP contribution in [0.2, 0.25) is 0 Å². The van der Waals surface area contributed by atoms with E-state index in [-0.39, 0.29) is 0 Å². The highest BCUT2D eigenvalue weighted by molar-refractivity contribution is 4.84. The lowest BCUT2D eigenvalue weighted by molar-refractivity contribution is 0.290. The summed E-state index contributed by atoms with van der Waals surface area (Å²) in [5.41, 5.74) is 0. The van der Waals surface area contributed by atoms with Gasteiger partial charge in [-0.05, 0) is 38.8 Å². The van der Waals surface area contributed by atoms with Gasteiger partial charge >= 0.3 is 0 Å². The smallest absolute Gasteiger partial charge is 0.0221 e. The SMILES string of the molecule is CNC(CC(C)C)C1CCCCN1. The van der Waals surface area contributed by atoms with E-state index in [0.717, 1.165) is 5.92 Å². The Hall–Kier alpha value is -0.0800. The van der Waals surface area contributed by atoms with E-state index in [9.17, 15) is 0 Å². The molecule has 0 bridgehead atoms. The summed E-state index contributed by atoms with van der Waals surface area (Å²) >= 11 is 0. The first-order valence-corrected chi connectivity index (χ1v) is 5.64. The quantitative estimate of drug-likeness (QED) is 0.696. The minimum absolute atomic E-state index is 0.667. The van der Waals surface area contributed by atoms with Crippen LogP contribution in [-0.2, 0) is 0 Å². The van der Waals surface area contributed by atoms with Crippen LogP contribution in [0.5, 0.6) is 0 Å². The first-order chi connectivity index (χ1) is 6.24. The maximum Gasteiger partial charge on any atom is 0.0221 e. The van der Waals surface area contributed by atoms with Crippen molar-refractivity contribution in [1.82, 2.24) is 10.6 Å². The molecule has 2 atom stereocenters. The van der Waals surface area contributed by atoms with Crippen LogP contribution in [0.25, 0.3) is 0 Å². The van der Waals surface area contributed by atoms with E-state index in [1.54, 1.807) is 0 Å². The van der Waals surface area contributed by atoms with E-state index in [1.165, 1.54) is 32.2 Å². The lowest BCUT2D eigenvalue weighted by Crippen LogP contribution is -2.49. The number of likely N-dealkylation sites (N-methyl/N-ethyl adjacent to an activating group) is 1. The van der Waals surface area contributed by atoms with Gasteiger partial charge in [-0.2, -0.15) is 0 Å². The molecule has 1 aliphatic heterocycles. The monoisotopic (exact) mass is 184 g/mol. The van der Waals surface area contributed by atoms with Crippen LogP contribution in [0, 0.1) is 5.92 Å². The van der Waals surface area contributed by atoms with Gasteiger partial charge in [-0.1, -0.05) is 20.3 Å². The summed E-state index contributed by atoms with van der Waals surface area (Å²) in [7, 11) is 2.09. The predicted octanol–water partition coefficient (Wildman–Crippen LogP) is 1.76. The van der Waals surface area contributed by atoms with E-state index in [2.05, 4.69) is 31.5 Å². The van der Waals surface area contributed by atoms with Crippen molar-refractivity contribution >= 4 is 0 Å². The van der Waals surface area contributed by atoms with Crippen molar-refractivity contribution < 1.29 is 0 Å². The minimum atomic E-state index is 0.667. The highest BCUT2D eigenvalue weighted by atomic mass is 15.0. The molecule has 2 heteroatoms. The van der Waals surface area contributed by atoms with Crippen molar-refractivity contribution in [2.24, 2.45) is 5.92 Å². The van der Waals surface area contributed by atoms with Crippen molar-refractivity contribution in [3.05, 3.63) is 0 Å². The van der Waals surface area contributed by atoms with E-state index in [1.807, 2.05) is 0 Å².